The smallest absolute Gasteiger partial charge is 0.238 e. The Morgan fingerprint density at radius 2 is 2.10 bits per heavy atom. The molecule has 1 rings (SSSR count). The van der Waals surface area contributed by atoms with Gasteiger partial charge in [0.05, 0.1) is 25.0 Å². The summed E-state index contributed by atoms with van der Waals surface area (Å²) in [6.07, 6.45) is 4.59. The minimum absolute atomic E-state index is 0.0262. The summed E-state index contributed by atoms with van der Waals surface area (Å²) in [7, 11) is 0. The number of anilines is 1. The molecule has 0 aliphatic heterocycles. The van der Waals surface area contributed by atoms with Crippen LogP contribution in [-0.2, 0) is 11.3 Å². The monoisotopic (exact) mass is 281 g/mol. The standard InChI is InChI=1S/C14H27N5O/c1-4-7-15-11-14(20)17-13-10-16-19(12-13)9-8-18(5-2)6-3/h10,12,15H,4-9,11H2,1-3H3,(H,17,20). The van der Waals surface area contributed by atoms with Crippen LogP contribution < -0.4 is 10.6 Å². The van der Waals surface area contributed by atoms with Crippen LogP contribution in [0, 0.1) is 0 Å². The molecule has 1 aromatic rings. The summed E-state index contributed by atoms with van der Waals surface area (Å²) in [5, 5.41) is 10.2. The first-order valence-corrected chi connectivity index (χ1v) is 7.44. The van der Waals surface area contributed by atoms with Gasteiger partial charge in [0, 0.05) is 12.7 Å². The summed E-state index contributed by atoms with van der Waals surface area (Å²) in [4.78, 5) is 14.0. The van der Waals surface area contributed by atoms with Crippen molar-refractivity contribution in [3.05, 3.63) is 12.4 Å². The van der Waals surface area contributed by atoms with E-state index in [1.807, 2.05) is 10.9 Å². The molecule has 1 aromatic heterocycles. The van der Waals surface area contributed by atoms with Crippen molar-refractivity contribution < 1.29 is 4.79 Å². The quantitative estimate of drug-likeness (QED) is 0.632. The first kappa shape index (κ1) is 16.7. The van der Waals surface area contributed by atoms with Crippen molar-refractivity contribution in [2.45, 2.75) is 33.7 Å². The summed E-state index contributed by atoms with van der Waals surface area (Å²) < 4.78 is 1.87. The van der Waals surface area contributed by atoms with Crippen LogP contribution in [0.4, 0.5) is 5.69 Å². The van der Waals surface area contributed by atoms with Gasteiger partial charge in [0.25, 0.3) is 0 Å². The van der Waals surface area contributed by atoms with Crippen LogP contribution >= 0.6 is 0 Å². The number of hydrogen-bond donors (Lipinski definition) is 2. The SMILES string of the molecule is CCCNCC(=O)Nc1cnn(CCN(CC)CC)c1. The van der Waals surface area contributed by atoms with Crippen LogP contribution in [0.2, 0.25) is 0 Å². The highest BCUT2D eigenvalue weighted by Crippen LogP contribution is 2.04. The summed E-state index contributed by atoms with van der Waals surface area (Å²) in [5.74, 6) is -0.0262. The molecule has 1 amide bonds. The van der Waals surface area contributed by atoms with E-state index in [0.717, 1.165) is 44.8 Å². The summed E-state index contributed by atoms with van der Waals surface area (Å²) >= 11 is 0. The molecule has 0 unspecified atom stereocenters. The number of hydrogen-bond acceptors (Lipinski definition) is 4. The van der Waals surface area contributed by atoms with Gasteiger partial charge in [0.1, 0.15) is 0 Å². The summed E-state index contributed by atoms with van der Waals surface area (Å²) in [5.41, 5.74) is 0.757. The lowest BCUT2D eigenvalue weighted by molar-refractivity contribution is -0.115. The predicted octanol–water partition coefficient (Wildman–Crippen LogP) is 1.16. The lowest BCUT2D eigenvalue weighted by Gasteiger charge is -2.17. The van der Waals surface area contributed by atoms with E-state index in [1.165, 1.54) is 0 Å². The zero-order valence-corrected chi connectivity index (χ0v) is 12.9. The largest absolute Gasteiger partial charge is 0.322 e. The second-order valence-electron chi connectivity index (χ2n) is 4.74. The van der Waals surface area contributed by atoms with Crippen molar-refractivity contribution in [3.8, 4) is 0 Å². The Morgan fingerprint density at radius 3 is 2.75 bits per heavy atom. The lowest BCUT2D eigenvalue weighted by Crippen LogP contribution is -2.28. The third-order valence-electron chi connectivity index (χ3n) is 3.17. The van der Waals surface area contributed by atoms with Crippen LogP contribution in [0.25, 0.3) is 0 Å². The average molecular weight is 281 g/mol. The van der Waals surface area contributed by atoms with E-state index < -0.39 is 0 Å². The first-order valence-electron chi connectivity index (χ1n) is 7.44. The Kier molecular flexibility index (Phi) is 7.91. The van der Waals surface area contributed by atoms with E-state index in [2.05, 4.69) is 41.4 Å². The highest BCUT2D eigenvalue weighted by atomic mass is 16.1. The molecule has 2 N–H and O–H groups in total. The van der Waals surface area contributed by atoms with Gasteiger partial charge in [0.15, 0.2) is 0 Å². The van der Waals surface area contributed by atoms with Gasteiger partial charge in [-0.05, 0) is 26.1 Å². The fourth-order valence-electron chi connectivity index (χ4n) is 1.92. The molecule has 0 saturated heterocycles. The maximum atomic E-state index is 11.6. The second kappa shape index (κ2) is 9.50. The molecule has 0 atom stereocenters. The van der Waals surface area contributed by atoms with Crippen molar-refractivity contribution in [2.75, 3.05) is 38.0 Å². The Labute approximate surface area is 121 Å². The molecule has 20 heavy (non-hydrogen) atoms. The Morgan fingerprint density at radius 1 is 1.35 bits per heavy atom. The zero-order chi connectivity index (χ0) is 14.8. The van der Waals surface area contributed by atoms with Crippen molar-refractivity contribution in [2.24, 2.45) is 0 Å². The van der Waals surface area contributed by atoms with Crippen LogP contribution in [0.15, 0.2) is 12.4 Å². The van der Waals surface area contributed by atoms with E-state index in [1.54, 1.807) is 6.20 Å². The molecule has 0 saturated carbocycles. The van der Waals surface area contributed by atoms with Gasteiger partial charge < -0.3 is 15.5 Å². The van der Waals surface area contributed by atoms with Gasteiger partial charge >= 0.3 is 0 Å². The molecule has 0 fully saturated rings. The number of carbonyl (C=O) groups is 1. The van der Waals surface area contributed by atoms with Gasteiger partial charge in [-0.15, -0.1) is 0 Å². The van der Waals surface area contributed by atoms with Crippen molar-refractivity contribution in [3.63, 3.8) is 0 Å². The molecule has 0 radical (unpaired) electrons. The predicted molar refractivity (Wildman–Crippen MR) is 81.8 cm³/mol. The average Bonchev–Trinajstić information content (AvgIpc) is 2.88. The number of nitrogens with zero attached hydrogens (tertiary/aromatic N) is 3. The van der Waals surface area contributed by atoms with Gasteiger partial charge in [0.2, 0.25) is 5.91 Å². The third-order valence-corrected chi connectivity index (χ3v) is 3.17. The van der Waals surface area contributed by atoms with Crippen LogP contribution in [0.3, 0.4) is 0 Å². The Bertz CT molecular complexity index is 387. The highest BCUT2D eigenvalue weighted by molar-refractivity contribution is 5.91. The van der Waals surface area contributed by atoms with Crippen LogP contribution in [0.5, 0.6) is 0 Å². The molecular formula is C14H27N5O. The molecular weight excluding hydrogens is 254 g/mol. The fraction of sp³-hybridized carbons (Fsp3) is 0.714. The van der Waals surface area contributed by atoms with Crippen LogP contribution in [-0.4, -0.2) is 53.3 Å². The van der Waals surface area contributed by atoms with Gasteiger partial charge in [-0.3, -0.25) is 9.48 Å². The second-order valence-corrected chi connectivity index (χ2v) is 4.74. The van der Waals surface area contributed by atoms with Crippen molar-refractivity contribution >= 4 is 11.6 Å². The Hall–Kier alpha value is -1.40. The van der Waals surface area contributed by atoms with Crippen molar-refractivity contribution in [1.29, 1.82) is 0 Å². The highest BCUT2D eigenvalue weighted by Gasteiger charge is 2.05. The van der Waals surface area contributed by atoms with E-state index >= 15 is 0 Å². The molecule has 0 bridgehead atoms. The minimum atomic E-state index is -0.0262. The maximum Gasteiger partial charge on any atom is 0.238 e. The van der Waals surface area contributed by atoms with E-state index in [4.69, 9.17) is 0 Å². The number of amides is 1. The topological polar surface area (TPSA) is 62.2 Å². The van der Waals surface area contributed by atoms with Gasteiger partial charge in [-0.25, -0.2) is 0 Å². The lowest BCUT2D eigenvalue weighted by atomic mass is 10.4. The molecule has 0 aliphatic rings. The summed E-state index contributed by atoms with van der Waals surface area (Å²) in [6, 6.07) is 0. The third kappa shape index (κ3) is 6.16. The summed E-state index contributed by atoms with van der Waals surface area (Å²) in [6.45, 7) is 11.5. The Balaban J connectivity index is 2.33. The molecule has 0 spiro atoms. The maximum absolute atomic E-state index is 11.6. The number of nitrogens with one attached hydrogen (secondary N) is 2. The molecule has 6 heteroatoms. The van der Waals surface area contributed by atoms with E-state index in [-0.39, 0.29) is 5.91 Å². The van der Waals surface area contributed by atoms with Gasteiger partial charge in [-0.1, -0.05) is 20.8 Å². The van der Waals surface area contributed by atoms with Crippen molar-refractivity contribution in [1.82, 2.24) is 20.0 Å². The fourth-order valence-corrected chi connectivity index (χ4v) is 1.92. The number of likely N-dealkylation sites (N-methyl/N-ethyl adjacent to an activating group) is 1. The molecule has 1 heterocycles. The minimum Gasteiger partial charge on any atom is -0.322 e. The van der Waals surface area contributed by atoms with Crippen LogP contribution in [0.1, 0.15) is 27.2 Å². The van der Waals surface area contributed by atoms with E-state index in [9.17, 15) is 4.79 Å². The number of aromatic nitrogens is 2. The first-order chi connectivity index (χ1) is 9.69. The van der Waals surface area contributed by atoms with Gasteiger partial charge in [-0.2, -0.15) is 5.10 Å². The molecule has 0 aliphatic carbocycles. The number of carbonyl (C=O) groups excluding carboxylic acids is 1. The molecule has 114 valence electrons. The zero-order valence-electron chi connectivity index (χ0n) is 12.9. The normalized spacial score (nSPS) is 11.0. The number of rotatable bonds is 10. The molecule has 0 aromatic carbocycles. The van der Waals surface area contributed by atoms with E-state index in [0.29, 0.717) is 6.54 Å². The molecule has 6 nitrogen and oxygen atoms in total.